The highest BCUT2D eigenvalue weighted by molar-refractivity contribution is 5.95. The quantitative estimate of drug-likeness (QED) is 0.391. The first-order valence-electron chi connectivity index (χ1n) is 14.0. The van der Waals surface area contributed by atoms with Crippen LogP contribution in [-0.2, 0) is 27.4 Å². The highest BCUT2D eigenvalue weighted by atomic mass is 19.1. The summed E-state index contributed by atoms with van der Waals surface area (Å²) in [5, 5.41) is 3.70. The lowest BCUT2D eigenvalue weighted by molar-refractivity contribution is -0.150. The van der Waals surface area contributed by atoms with Gasteiger partial charge in [0.1, 0.15) is 18.2 Å². The average Bonchev–Trinajstić information content (AvgIpc) is 3.60. The van der Waals surface area contributed by atoms with E-state index >= 15 is 4.39 Å². The number of imidazole rings is 1. The zero-order valence-corrected chi connectivity index (χ0v) is 22.6. The molecule has 3 aromatic heterocycles. The summed E-state index contributed by atoms with van der Waals surface area (Å²) < 4.78 is 29.0. The molecule has 11 nitrogen and oxygen atoms in total. The number of piperidine rings is 1. The summed E-state index contributed by atoms with van der Waals surface area (Å²) in [5.74, 6) is 1.58. The third-order valence-corrected chi connectivity index (χ3v) is 8.44. The number of aromatic nitrogens is 5. The van der Waals surface area contributed by atoms with Crippen LogP contribution in [0.5, 0.6) is 0 Å². The number of amides is 1. The van der Waals surface area contributed by atoms with Crippen LogP contribution < -0.4 is 10.2 Å². The topological polar surface area (TPSA) is 113 Å². The van der Waals surface area contributed by atoms with E-state index in [2.05, 4.69) is 31.6 Å². The normalized spacial score (nSPS) is 20.1. The van der Waals surface area contributed by atoms with Crippen molar-refractivity contribution < 1.29 is 18.7 Å². The van der Waals surface area contributed by atoms with Gasteiger partial charge >= 0.3 is 0 Å². The Balaban J connectivity index is 1.27. The van der Waals surface area contributed by atoms with Crippen molar-refractivity contribution in [3.63, 3.8) is 0 Å². The standard InChI is InChI=1S/C28H33FN8O3/c1-2-37-21(15-35-9-6-28(7-10-35)17-31-22(38)16-40-28)32-24-26(36-11-13-39-14-12-36)33-25(34-27(24)37)23-18-5-8-30-20(18)4-3-19(23)29/h3-5,8,30H,2,6-7,9-17H2,1H3,(H,31,38). The number of hydrogen-bond acceptors (Lipinski definition) is 8. The fourth-order valence-corrected chi connectivity index (χ4v) is 6.15. The van der Waals surface area contributed by atoms with Gasteiger partial charge in [0.05, 0.1) is 30.9 Å². The van der Waals surface area contributed by atoms with Crippen molar-refractivity contribution in [2.24, 2.45) is 0 Å². The van der Waals surface area contributed by atoms with Gasteiger partial charge in [-0.3, -0.25) is 9.69 Å². The van der Waals surface area contributed by atoms with E-state index in [0.717, 1.165) is 48.2 Å². The molecule has 0 aliphatic carbocycles. The molecule has 12 heteroatoms. The predicted molar refractivity (Wildman–Crippen MR) is 147 cm³/mol. The molecule has 3 aliphatic heterocycles. The molecule has 1 amide bonds. The van der Waals surface area contributed by atoms with Crippen LogP contribution in [0.2, 0.25) is 0 Å². The Morgan fingerprint density at radius 1 is 1.07 bits per heavy atom. The maximum Gasteiger partial charge on any atom is 0.246 e. The number of rotatable bonds is 5. The second kappa shape index (κ2) is 10.1. The number of aryl methyl sites for hydroxylation is 1. The zero-order chi connectivity index (χ0) is 27.3. The smallest absolute Gasteiger partial charge is 0.246 e. The van der Waals surface area contributed by atoms with Gasteiger partial charge in [-0.25, -0.2) is 19.3 Å². The number of carbonyl (C=O) groups is 1. The number of morpholine rings is 2. The monoisotopic (exact) mass is 548 g/mol. The highest BCUT2D eigenvalue weighted by Gasteiger charge is 2.39. The third-order valence-electron chi connectivity index (χ3n) is 8.44. The van der Waals surface area contributed by atoms with Gasteiger partial charge in [0.15, 0.2) is 22.8 Å². The van der Waals surface area contributed by atoms with Gasteiger partial charge < -0.3 is 29.2 Å². The molecule has 0 atom stereocenters. The van der Waals surface area contributed by atoms with E-state index in [1.165, 1.54) is 6.07 Å². The van der Waals surface area contributed by atoms with Crippen molar-refractivity contribution in [3.05, 3.63) is 36.0 Å². The molecule has 0 radical (unpaired) electrons. The van der Waals surface area contributed by atoms with E-state index in [0.29, 0.717) is 68.8 Å². The highest BCUT2D eigenvalue weighted by Crippen LogP contribution is 2.34. The lowest BCUT2D eigenvalue weighted by Crippen LogP contribution is -2.57. The molecule has 0 bridgehead atoms. The van der Waals surface area contributed by atoms with Crippen LogP contribution in [0.3, 0.4) is 0 Å². The van der Waals surface area contributed by atoms with Crippen molar-refractivity contribution in [3.8, 4) is 11.4 Å². The molecule has 6 heterocycles. The first-order chi connectivity index (χ1) is 19.5. The van der Waals surface area contributed by atoms with Crippen LogP contribution in [0.1, 0.15) is 25.6 Å². The van der Waals surface area contributed by atoms with Crippen molar-refractivity contribution in [1.82, 2.24) is 34.7 Å². The number of likely N-dealkylation sites (tertiary alicyclic amines) is 1. The minimum atomic E-state index is -0.356. The number of ether oxygens (including phenoxy) is 2. The molecule has 1 spiro atoms. The van der Waals surface area contributed by atoms with E-state index < -0.39 is 0 Å². The number of anilines is 1. The predicted octanol–water partition coefficient (Wildman–Crippen LogP) is 2.45. The summed E-state index contributed by atoms with van der Waals surface area (Å²) >= 11 is 0. The molecule has 0 saturated carbocycles. The zero-order valence-electron chi connectivity index (χ0n) is 22.6. The molecular weight excluding hydrogens is 515 g/mol. The Hall–Kier alpha value is -3.61. The van der Waals surface area contributed by atoms with Gasteiger partial charge in [-0.05, 0) is 38.0 Å². The number of benzene rings is 1. The maximum atomic E-state index is 15.3. The van der Waals surface area contributed by atoms with E-state index in [9.17, 15) is 4.79 Å². The van der Waals surface area contributed by atoms with Crippen LogP contribution in [0.25, 0.3) is 33.5 Å². The first kappa shape index (κ1) is 25.4. The van der Waals surface area contributed by atoms with Crippen molar-refractivity contribution in [2.45, 2.75) is 38.5 Å². The number of carbonyl (C=O) groups excluding carboxylic acids is 1. The third kappa shape index (κ3) is 4.40. The summed E-state index contributed by atoms with van der Waals surface area (Å²) in [4.78, 5) is 34.3. The van der Waals surface area contributed by atoms with Gasteiger partial charge in [-0.1, -0.05) is 0 Å². The van der Waals surface area contributed by atoms with E-state index in [1.807, 2.05) is 6.07 Å². The second-order valence-electron chi connectivity index (χ2n) is 10.8. The summed E-state index contributed by atoms with van der Waals surface area (Å²) in [6.07, 6.45) is 3.50. The van der Waals surface area contributed by atoms with Gasteiger partial charge in [0.2, 0.25) is 5.91 Å². The van der Waals surface area contributed by atoms with Crippen molar-refractivity contribution >= 4 is 33.8 Å². The Labute approximate surface area is 230 Å². The average molecular weight is 549 g/mol. The van der Waals surface area contributed by atoms with Crippen LogP contribution in [0.15, 0.2) is 24.4 Å². The first-order valence-corrected chi connectivity index (χ1v) is 14.0. The Bertz CT molecular complexity index is 1560. The van der Waals surface area contributed by atoms with E-state index in [1.54, 1.807) is 12.3 Å². The van der Waals surface area contributed by atoms with Crippen LogP contribution in [-0.4, -0.2) is 93.5 Å². The lowest BCUT2D eigenvalue weighted by atomic mass is 9.90. The number of hydrogen-bond donors (Lipinski definition) is 2. The molecule has 3 fully saturated rings. The molecule has 40 heavy (non-hydrogen) atoms. The molecule has 2 N–H and O–H groups in total. The van der Waals surface area contributed by atoms with Crippen molar-refractivity contribution in [2.75, 3.05) is 57.4 Å². The van der Waals surface area contributed by atoms with Gasteiger partial charge in [0, 0.05) is 56.4 Å². The minimum absolute atomic E-state index is 0.0473. The minimum Gasteiger partial charge on any atom is -0.378 e. The summed E-state index contributed by atoms with van der Waals surface area (Å²) in [7, 11) is 0. The second-order valence-corrected chi connectivity index (χ2v) is 10.8. The molecule has 3 aliphatic rings. The number of halogens is 1. The number of aromatic amines is 1. The molecule has 1 aromatic carbocycles. The lowest BCUT2D eigenvalue weighted by Gasteiger charge is -2.43. The molecule has 7 rings (SSSR count). The number of nitrogens with zero attached hydrogens (tertiary/aromatic N) is 6. The number of H-pyrrole nitrogens is 1. The largest absolute Gasteiger partial charge is 0.378 e. The number of nitrogens with one attached hydrogen (secondary N) is 2. The summed E-state index contributed by atoms with van der Waals surface area (Å²) in [6.45, 7) is 8.37. The molecular formula is C28H33FN8O3. The SMILES string of the molecule is CCn1c(CN2CCC3(CC2)CNC(=O)CO3)nc2c(N3CCOCC3)nc(-c3c(F)ccc4[nH]ccc34)nc21. The van der Waals surface area contributed by atoms with Gasteiger partial charge in [-0.15, -0.1) is 0 Å². The molecule has 3 saturated heterocycles. The van der Waals surface area contributed by atoms with E-state index in [4.69, 9.17) is 24.4 Å². The van der Waals surface area contributed by atoms with Crippen molar-refractivity contribution in [1.29, 1.82) is 0 Å². The fourth-order valence-electron chi connectivity index (χ4n) is 6.15. The van der Waals surface area contributed by atoms with E-state index in [-0.39, 0.29) is 23.9 Å². The van der Waals surface area contributed by atoms with Crippen LogP contribution in [0, 0.1) is 5.82 Å². The Morgan fingerprint density at radius 3 is 2.65 bits per heavy atom. The number of fused-ring (bicyclic) bond motifs is 2. The van der Waals surface area contributed by atoms with Crippen LogP contribution >= 0.6 is 0 Å². The Morgan fingerprint density at radius 2 is 1.90 bits per heavy atom. The maximum absolute atomic E-state index is 15.3. The van der Waals surface area contributed by atoms with Gasteiger partial charge in [0.25, 0.3) is 0 Å². The molecule has 4 aromatic rings. The molecule has 0 unspecified atom stereocenters. The summed E-state index contributed by atoms with van der Waals surface area (Å²) in [6, 6.07) is 5.06. The molecule has 210 valence electrons. The van der Waals surface area contributed by atoms with Crippen LogP contribution in [0.4, 0.5) is 10.2 Å². The summed E-state index contributed by atoms with van der Waals surface area (Å²) in [5.41, 5.74) is 2.39. The fraction of sp³-hybridized carbons (Fsp3) is 0.500. The van der Waals surface area contributed by atoms with Gasteiger partial charge in [-0.2, -0.15) is 0 Å². The Kier molecular flexibility index (Phi) is 6.40.